The van der Waals surface area contributed by atoms with Crippen LogP contribution in [0.25, 0.3) is 0 Å². The molecule has 1 unspecified atom stereocenters. The predicted octanol–water partition coefficient (Wildman–Crippen LogP) is 2.99. The minimum absolute atomic E-state index is 0.262. The van der Waals surface area contributed by atoms with E-state index in [0.29, 0.717) is 6.04 Å². The highest BCUT2D eigenvalue weighted by Crippen LogP contribution is 2.27. The van der Waals surface area contributed by atoms with Gasteiger partial charge in [0.15, 0.2) is 0 Å². The summed E-state index contributed by atoms with van der Waals surface area (Å²) < 4.78 is 0. The summed E-state index contributed by atoms with van der Waals surface area (Å²) in [7, 11) is 4.02. The van der Waals surface area contributed by atoms with Gasteiger partial charge in [-0.3, -0.25) is 0 Å². The Labute approximate surface area is 98.9 Å². The molecule has 0 saturated heterocycles. The molecule has 1 atom stereocenters. The van der Waals surface area contributed by atoms with Crippen LogP contribution < -0.4 is 10.2 Å². The van der Waals surface area contributed by atoms with Crippen LogP contribution in [-0.4, -0.2) is 25.1 Å². The van der Waals surface area contributed by atoms with E-state index in [0.717, 1.165) is 5.82 Å². The Morgan fingerprint density at radius 3 is 2.50 bits per heavy atom. The van der Waals surface area contributed by atoms with Crippen LogP contribution in [0.4, 0.5) is 11.5 Å². The summed E-state index contributed by atoms with van der Waals surface area (Å²) in [6.45, 7) is 9.02. The minimum atomic E-state index is 0.262. The Bertz CT molecular complexity index is 341. The van der Waals surface area contributed by atoms with Crippen LogP contribution in [0.2, 0.25) is 0 Å². The smallest absolute Gasteiger partial charge is 0.127 e. The maximum Gasteiger partial charge on any atom is 0.127 e. The van der Waals surface area contributed by atoms with Crippen molar-refractivity contribution in [2.45, 2.75) is 33.7 Å². The van der Waals surface area contributed by atoms with Gasteiger partial charge in [0.1, 0.15) is 5.82 Å². The highest BCUT2D eigenvalue weighted by molar-refractivity contribution is 5.53. The molecule has 90 valence electrons. The van der Waals surface area contributed by atoms with E-state index in [1.807, 2.05) is 19.3 Å². The molecule has 3 heteroatoms. The lowest BCUT2D eigenvalue weighted by molar-refractivity contribution is 0.330. The van der Waals surface area contributed by atoms with Gasteiger partial charge in [-0.1, -0.05) is 20.8 Å². The van der Waals surface area contributed by atoms with Crippen LogP contribution in [0.5, 0.6) is 0 Å². The highest BCUT2D eigenvalue weighted by atomic mass is 15.1. The predicted molar refractivity (Wildman–Crippen MR) is 71.1 cm³/mol. The summed E-state index contributed by atoms with van der Waals surface area (Å²) in [4.78, 5) is 6.52. The fourth-order valence-corrected chi connectivity index (χ4v) is 1.58. The van der Waals surface area contributed by atoms with Gasteiger partial charge in [0.2, 0.25) is 0 Å². The van der Waals surface area contributed by atoms with Gasteiger partial charge in [-0.2, -0.15) is 0 Å². The van der Waals surface area contributed by atoms with Crippen molar-refractivity contribution in [2.75, 3.05) is 24.3 Å². The molecule has 1 aromatic rings. The van der Waals surface area contributed by atoms with Gasteiger partial charge in [-0.05, 0) is 18.4 Å². The summed E-state index contributed by atoms with van der Waals surface area (Å²) >= 11 is 0. The molecule has 0 saturated carbocycles. The third kappa shape index (κ3) is 2.87. The largest absolute Gasteiger partial charge is 0.373 e. The first kappa shape index (κ1) is 12.8. The Morgan fingerprint density at radius 2 is 2.00 bits per heavy atom. The quantitative estimate of drug-likeness (QED) is 0.850. The average Bonchev–Trinajstić information content (AvgIpc) is 2.26. The maximum absolute atomic E-state index is 4.22. The fourth-order valence-electron chi connectivity index (χ4n) is 1.58. The van der Waals surface area contributed by atoms with Gasteiger partial charge in [0.05, 0.1) is 0 Å². The van der Waals surface area contributed by atoms with E-state index >= 15 is 0 Å². The first-order valence-electron chi connectivity index (χ1n) is 5.73. The molecule has 0 spiro atoms. The summed E-state index contributed by atoms with van der Waals surface area (Å²) in [5.41, 5.74) is 1.46. The van der Waals surface area contributed by atoms with Gasteiger partial charge >= 0.3 is 0 Å². The van der Waals surface area contributed by atoms with E-state index in [1.165, 1.54) is 5.69 Å². The standard InChI is InChI=1S/C13H23N3/c1-10(13(2,3)4)16(6)11-7-8-15-12(9-11)14-5/h7-10H,1-6H3,(H,14,15). The van der Waals surface area contributed by atoms with Crippen molar-refractivity contribution >= 4 is 11.5 Å². The molecule has 0 bridgehead atoms. The van der Waals surface area contributed by atoms with Gasteiger partial charge in [0.25, 0.3) is 0 Å². The second-order valence-corrected chi connectivity index (χ2v) is 5.30. The number of rotatable bonds is 3. The van der Waals surface area contributed by atoms with Crippen molar-refractivity contribution in [3.05, 3.63) is 18.3 Å². The summed E-state index contributed by atoms with van der Waals surface area (Å²) in [6.07, 6.45) is 1.84. The Balaban J connectivity index is 2.91. The third-order valence-corrected chi connectivity index (χ3v) is 3.24. The van der Waals surface area contributed by atoms with Crippen LogP contribution in [0.3, 0.4) is 0 Å². The number of hydrogen-bond acceptors (Lipinski definition) is 3. The van der Waals surface area contributed by atoms with Crippen molar-refractivity contribution in [1.29, 1.82) is 0 Å². The first-order valence-corrected chi connectivity index (χ1v) is 5.73. The Morgan fingerprint density at radius 1 is 1.38 bits per heavy atom. The molecule has 1 N–H and O–H groups in total. The van der Waals surface area contributed by atoms with Gasteiger partial charge in [0, 0.05) is 38.1 Å². The first-order chi connectivity index (χ1) is 7.36. The molecule has 0 aliphatic carbocycles. The number of hydrogen-bond donors (Lipinski definition) is 1. The molecular formula is C13H23N3. The molecular weight excluding hydrogens is 198 g/mol. The van der Waals surface area contributed by atoms with Gasteiger partial charge in [-0.15, -0.1) is 0 Å². The lowest BCUT2D eigenvalue weighted by Gasteiger charge is -2.36. The molecule has 1 heterocycles. The number of pyridine rings is 1. The second kappa shape index (κ2) is 4.73. The molecule has 16 heavy (non-hydrogen) atoms. The average molecular weight is 221 g/mol. The molecule has 1 rings (SSSR count). The summed E-state index contributed by atoms with van der Waals surface area (Å²) in [5.74, 6) is 0.908. The lowest BCUT2D eigenvalue weighted by atomic mass is 9.87. The fraction of sp³-hybridized carbons (Fsp3) is 0.615. The van der Waals surface area contributed by atoms with Gasteiger partial charge in [-0.25, -0.2) is 4.98 Å². The molecule has 0 aliphatic rings. The highest BCUT2D eigenvalue weighted by Gasteiger charge is 2.24. The van der Waals surface area contributed by atoms with Crippen LogP contribution in [0.15, 0.2) is 18.3 Å². The number of nitrogens with one attached hydrogen (secondary N) is 1. The normalized spacial score (nSPS) is 13.4. The minimum Gasteiger partial charge on any atom is -0.373 e. The monoisotopic (exact) mass is 221 g/mol. The second-order valence-electron chi connectivity index (χ2n) is 5.30. The number of anilines is 2. The van der Waals surface area contributed by atoms with Crippen LogP contribution >= 0.6 is 0 Å². The third-order valence-electron chi connectivity index (χ3n) is 3.24. The molecule has 0 radical (unpaired) electrons. The van der Waals surface area contributed by atoms with Gasteiger partial charge < -0.3 is 10.2 Å². The lowest BCUT2D eigenvalue weighted by Crippen LogP contribution is -2.39. The van der Waals surface area contributed by atoms with E-state index in [-0.39, 0.29) is 5.41 Å². The van der Waals surface area contributed by atoms with E-state index < -0.39 is 0 Å². The van der Waals surface area contributed by atoms with E-state index in [4.69, 9.17) is 0 Å². The van der Waals surface area contributed by atoms with Crippen LogP contribution in [0.1, 0.15) is 27.7 Å². The van der Waals surface area contributed by atoms with Crippen molar-refractivity contribution in [3.8, 4) is 0 Å². The number of nitrogens with zero attached hydrogens (tertiary/aromatic N) is 2. The van der Waals surface area contributed by atoms with E-state index in [9.17, 15) is 0 Å². The van der Waals surface area contributed by atoms with Crippen LogP contribution in [0, 0.1) is 5.41 Å². The van der Waals surface area contributed by atoms with Crippen molar-refractivity contribution in [2.24, 2.45) is 5.41 Å². The number of aromatic nitrogens is 1. The van der Waals surface area contributed by atoms with Crippen LogP contribution in [-0.2, 0) is 0 Å². The summed E-state index contributed by atoms with van der Waals surface area (Å²) in [5, 5.41) is 3.06. The Kier molecular flexibility index (Phi) is 3.79. The molecule has 0 fully saturated rings. The zero-order valence-electron chi connectivity index (χ0n) is 11.2. The molecule has 0 aromatic carbocycles. The topological polar surface area (TPSA) is 28.2 Å². The van der Waals surface area contributed by atoms with E-state index in [2.05, 4.69) is 56.0 Å². The molecule has 1 aromatic heterocycles. The molecule has 3 nitrogen and oxygen atoms in total. The Hall–Kier alpha value is -1.25. The SMILES string of the molecule is CNc1cc(N(C)C(C)C(C)(C)C)ccn1. The van der Waals surface area contributed by atoms with Crippen molar-refractivity contribution < 1.29 is 0 Å². The summed E-state index contributed by atoms with van der Waals surface area (Å²) in [6, 6.07) is 4.59. The molecule has 0 amide bonds. The van der Waals surface area contributed by atoms with Crippen molar-refractivity contribution in [3.63, 3.8) is 0 Å². The maximum atomic E-state index is 4.22. The van der Waals surface area contributed by atoms with Crippen molar-refractivity contribution in [1.82, 2.24) is 4.98 Å². The molecule has 0 aliphatic heterocycles. The zero-order valence-corrected chi connectivity index (χ0v) is 11.2. The van der Waals surface area contributed by atoms with E-state index in [1.54, 1.807) is 0 Å². The zero-order chi connectivity index (χ0) is 12.3.